The molecule has 1 N–H and O–H groups in total. The van der Waals surface area contributed by atoms with E-state index in [0.717, 1.165) is 18.4 Å². The first kappa shape index (κ1) is 13.7. The fraction of sp³-hybridized carbons (Fsp3) is 0.538. The van der Waals surface area contributed by atoms with E-state index in [2.05, 4.69) is 5.32 Å². The van der Waals surface area contributed by atoms with Gasteiger partial charge in [0, 0.05) is 36.7 Å². The summed E-state index contributed by atoms with van der Waals surface area (Å²) in [4.78, 5) is 10.3. The van der Waals surface area contributed by atoms with Gasteiger partial charge in [-0.3, -0.25) is 14.5 Å². The van der Waals surface area contributed by atoms with E-state index in [1.807, 2.05) is 0 Å². The number of nitro benzene ring substituents is 1. The number of halogens is 1. The molecule has 0 bridgehead atoms. The van der Waals surface area contributed by atoms with Crippen LogP contribution < -0.4 is 10.1 Å². The number of nitrogens with one attached hydrogen (secondary N) is 1. The van der Waals surface area contributed by atoms with Crippen LogP contribution >= 0.6 is 0 Å². The lowest BCUT2D eigenvalue weighted by molar-refractivity contribution is -0.384. The third-order valence-electron chi connectivity index (χ3n) is 2.95. The molecule has 1 aromatic carbocycles. The molecule has 1 aliphatic carbocycles. The monoisotopic (exact) mass is 268 g/mol. The lowest BCUT2D eigenvalue weighted by atomic mass is 10.1. The number of rotatable bonds is 8. The summed E-state index contributed by atoms with van der Waals surface area (Å²) in [7, 11) is 0. The van der Waals surface area contributed by atoms with Crippen LogP contribution in [0.5, 0.6) is 5.75 Å². The normalized spacial score (nSPS) is 14.4. The summed E-state index contributed by atoms with van der Waals surface area (Å²) >= 11 is 0. The molecule has 1 aliphatic rings. The first-order chi connectivity index (χ1) is 9.20. The van der Waals surface area contributed by atoms with Crippen molar-refractivity contribution < 1.29 is 14.1 Å². The SMILES string of the molecule is O=[N+]([O-])c1ccc(OCCCF)c(CNC2CC2)c1. The van der Waals surface area contributed by atoms with Gasteiger partial charge in [-0.2, -0.15) is 0 Å². The summed E-state index contributed by atoms with van der Waals surface area (Å²) in [6.45, 7) is 0.394. The molecular formula is C13H17FN2O3. The van der Waals surface area contributed by atoms with Gasteiger partial charge < -0.3 is 10.1 Å². The smallest absolute Gasteiger partial charge is 0.270 e. The van der Waals surface area contributed by atoms with Crippen molar-refractivity contribution in [3.63, 3.8) is 0 Å². The van der Waals surface area contributed by atoms with Crippen LogP contribution in [0.3, 0.4) is 0 Å². The maximum atomic E-state index is 12.0. The number of nitrogens with zero attached hydrogens (tertiary/aromatic N) is 1. The van der Waals surface area contributed by atoms with E-state index >= 15 is 0 Å². The molecule has 0 radical (unpaired) electrons. The van der Waals surface area contributed by atoms with E-state index in [1.165, 1.54) is 12.1 Å². The van der Waals surface area contributed by atoms with Gasteiger partial charge in [-0.25, -0.2) is 0 Å². The summed E-state index contributed by atoms with van der Waals surface area (Å²) < 4.78 is 17.5. The second kappa shape index (κ2) is 6.47. The number of alkyl halides is 1. The summed E-state index contributed by atoms with van der Waals surface area (Å²) in [5.41, 5.74) is 0.797. The standard InChI is InChI=1S/C13H17FN2O3/c14-6-1-7-19-13-5-4-12(16(17)18)8-10(13)9-15-11-2-3-11/h4-5,8,11,15H,1-3,6-7,9H2. The van der Waals surface area contributed by atoms with E-state index in [9.17, 15) is 14.5 Å². The van der Waals surface area contributed by atoms with Crippen LogP contribution in [0.1, 0.15) is 24.8 Å². The minimum Gasteiger partial charge on any atom is -0.493 e. The number of hydrogen-bond acceptors (Lipinski definition) is 4. The number of non-ortho nitro benzene ring substituents is 1. The van der Waals surface area contributed by atoms with Gasteiger partial charge in [-0.05, 0) is 18.9 Å². The van der Waals surface area contributed by atoms with E-state index in [4.69, 9.17) is 4.74 Å². The zero-order chi connectivity index (χ0) is 13.7. The Labute approximate surface area is 110 Å². The number of benzene rings is 1. The van der Waals surface area contributed by atoms with Crippen molar-refractivity contribution in [2.45, 2.75) is 31.8 Å². The number of ether oxygens (including phenoxy) is 1. The fourth-order valence-electron chi connectivity index (χ4n) is 1.74. The Morgan fingerprint density at radius 2 is 2.26 bits per heavy atom. The highest BCUT2D eigenvalue weighted by Crippen LogP contribution is 2.26. The maximum absolute atomic E-state index is 12.0. The van der Waals surface area contributed by atoms with Crippen LogP contribution in [-0.2, 0) is 6.54 Å². The third-order valence-corrected chi connectivity index (χ3v) is 2.95. The van der Waals surface area contributed by atoms with Crippen LogP contribution in [0.2, 0.25) is 0 Å². The van der Waals surface area contributed by atoms with Crippen molar-refractivity contribution in [3.8, 4) is 5.75 Å². The Balaban J connectivity index is 2.06. The molecule has 1 saturated carbocycles. The van der Waals surface area contributed by atoms with Crippen molar-refractivity contribution in [2.75, 3.05) is 13.3 Å². The van der Waals surface area contributed by atoms with Gasteiger partial charge in [-0.15, -0.1) is 0 Å². The second-order valence-electron chi connectivity index (χ2n) is 4.60. The van der Waals surface area contributed by atoms with Crippen molar-refractivity contribution in [1.82, 2.24) is 5.32 Å². The maximum Gasteiger partial charge on any atom is 0.270 e. The zero-order valence-corrected chi connectivity index (χ0v) is 10.6. The van der Waals surface area contributed by atoms with Crippen LogP contribution in [-0.4, -0.2) is 24.2 Å². The Bertz CT molecular complexity index is 450. The van der Waals surface area contributed by atoms with Crippen molar-refractivity contribution >= 4 is 5.69 Å². The summed E-state index contributed by atoms with van der Waals surface area (Å²) in [6.07, 6.45) is 2.62. The molecule has 0 atom stereocenters. The molecule has 1 fully saturated rings. The minimum absolute atomic E-state index is 0.0467. The molecule has 19 heavy (non-hydrogen) atoms. The van der Waals surface area contributed by atoms with Gasteiger partial charge in [0.2, 0.25) is 0 Å². The molecular weight excluding hydrogens is 251 g/mol. The molecule has 6 heteroatoms. The molecule has 104 valence electrons. The van der Waals surface area contributed by atoms with Crippen molar-refractivity contribution in [3.05, 3.63) is 33.9 Å². The zero-order valence-electron chi connectivity index (χ0n) is 10.6. The van der Waals surface area contributed by atoms with E-state index in [0.29, 0.717) is 24.8 Å². The van der Waals surface area contributed by atoms with Gasteiger partial charge in [0.25, 0.3) is 5.69 Å². The first-order valence-corrected chi connectivity index (χ1v) is 6.40. The highest BCUT2D eigenvalue weighted by Gasteiger charge is 2.21. The molecule has 0 unspecified atom stereocenters. The topological polar surface area (TPSA) is 64.4 Å². The molecule has 5 nitrogen and oxygen atoms in total. The Hall–Kier alpha value is -1.69. The van der Waals surface area contributed by atoms with Gasteiger partial charge >= 0.3 is 0 Å². The van der Waals surface area contributed by atoms with Crippen LogP contribution in [0.25, 0.3) is 0 Å². The lowest BCUT2D eigenvalue weighted by Gasteiger charge is -2.11. The summed E-state index contributed by atoms with van der Waals surface area (Å²) in [5, 5.41) is 14.1. The second-order valence-corrected chi connectivity index (χ2v) is 4.60. The number of hydrogen-bond donors (Lipinski definition) is 1. The van der Waals surface area contributed by atoms with Gasteiger partial charge in [0.05, 0.1) is 18.2 Å². The molecule has 1 aromatic rings. The molecule has 0 aliphatic heterocycles. The van der Waals surface area contributed by atoms with Gasteiger partial charge in [-0.1, -0.05) is 0 Å². The predicted octanol–water partition coefficient (Wildman–Crippen LogP) is 2.59. The molecule has 0 spiro atoms. The van der Waals surface area contributed by atoms with E-state index < -0.39 is 11.6 Å². The lowest BCUT2D eigenvalue weighted by Crippen LogP contribution is -2.16. The highest BCUT2D eigenvalue weighted by atomic mass is 19.1. The average molecular weight is 268 g/mol. The molecule has 0 saturated heterocycles. The Kier molecular flexibility index (Phi) is 4.68. The van der Waals surface area contributed by atoms with E-state index in [1.54, 1.807) is 6.07 Å². The molecule has 0 amide bonds. The van der Waals surface area contributed by atoms with Gasteiger partial charge in [0.1, 0.15) is 5.75 Å². The first-order valence-electron chi connectivity index (χ1n) is 6.40. The Morgan fingerprint density at radius 1 is 1.47 bits per heavy atom. The Morgan fingerprint density at radius 3 is 2.89 bits per heavy atom. The van der Waals surface area contributed by atoms with Crippen molar-refractivity contribution in [1.29, 1.82) is 0 Å². The van der Waals surface area contributed by atoms with Crippen LogP contribution in [0.15, 0.2) is 18.2 Å². The largest absolute Gasteiger partial charge is 0.493 e. The van der Waals surface area contributed by atoms with Gasteiger partial charge in [0.15, 0.2) is 0 Å². The third kappa shape index (κ3) is 4.17. The number of nitro groups is 1. The molecule has 0 heterocycles. The molecule has 0 aromatic heterocycles. The van der Waals surface area contributed by atoms with Crippen LogP contribution in [0, 0.1) is 10.1 Å². The predicted molar refractivity (Wildman–Crippen MR) is 69.0 cm³/mol. The van der Waals surface area contributed by atoms with E-state index in [-0.39, 0.29) is 12.3 Å². The fourth-order valence-corrected chi connectivity index (χ4v) is 1.74. The highest BCUT2D eigenvalue weighted by molar-refractivity contribution is 5.43. The summed E-state index contributed by atoms with van der Waals surface area (Å²) in [6, 6.07) is 5.02. The quantitative estimate of drug-likeness (QED) is 0.447. The minimum atomic E-state index is -0.428. The van der Waals surface area contributed by atoms with Crippen molar-refractivity contribution in [2.24, 2.45) is 0 Å². The molecule has 2 rings (SSSR count). The van der Waals surface area contributed by atoms with Crippen LogP contribution in [0.4, 0.5) is 10.1 Å². The average Bonchev–Trinajstić information content (AvgIpc) is 3.21. The summed E-state index contributed by atoms with van der Waals surface area (Å²) in [5.74, 6) is 0.590.